The van der Waals surface area contributed by atoms with Gasteiger partial charge in [0.2, 0.25) is 0 Å². The largest absolute Gasteiger partial charge is 0.504 e. The van der Waals surface area contributed by atoms with Crippen LogP contribution in [0.15, 0.2) is 42.4 Å². The smallest absolute Gasteiger partial charge is 0.341 e. The molecule has 98 valence electrons. The van der Waals surface area contributed by atoms with Crippen LogP contribution in [0.4, 0.5) is 0 Å². The molecule has 0 aliphatic carbocycles. The highest BCUT2D eigenvalue weighted by Crippen LogP contribution is 2.22. The molecule has 0 saturated heterocycles. The van der Waals surface area contributed by atoms with Crippen LogP contribution >= 0.6 is 11.3 Å². The van der Waals surface area contributed by atoms with Crippen LogP contribution in [0.1, 0.15) is 11.9 Å². The maximum atomic E-state index is 11.5. The second kappa shape index (κ2) is 6.15. The van der Waals surface area contributed by atoms with Gasteiger partial charge in [0.05, 0.1) is 35.4 Å². The van der Waals surface area contributed by atoms with Crippen LogP contribution in [0.25, 0.3) is 16.3 Å². The second-order valence-electron chi connectivity index (χ2n) is 3.76. The number of methoxy groups -OCH3 is 1. The van der Waals surface area contributed by atoms with E-state index < -0.39 is 5.97 Å². The molecule has 0 bridgehead atoms. The summed E-state index contributed by atoms with van der Waals surface area (Å²) in [5.74, 6) is -0.445. The fraction of sp³-hybridized carbons (Fsp3) is 0.143. The molecular formula is C14H13NO3S. The van der Waals surface area contributed by atoms with Gasteiger partial charge in [-0.05, 0) is 19.1 Å². The van der Waals surface area contributed by atoms with Crippen molar-refractivity contribution in [2.75, 3.05) is 7.11 Å². The lowest BCUT2D eigenvalue weighted by molar-refractivity contribution is -0.133. The van der Waals surface area contributed by atoms with Crippen molar-refractivity contribution in [3.05, 3.63) is 47.4 Å². The van der Waals surface area contributed by atoms with E-state index in [1.54, 1.807) is 13.0 Å². The van der Waals surface area contributed by atoms with Gasteiger partial charge in [-0.15, -0.1) is 11.3 Å². The van der Waals surface area contributed by atoms with E-state index >= 15 is 0 Å². The zero-order valence-corrected chi connectivity index (χ0v) is 11.4. The number of hydrogen-bond donors (Lipinski definition) is 0. The number of nitrogens with zero attached hydrogens (tertiary/aromatic N) is 1. The number of carbonyl (C=O) groups excluding carboxylic acids is 1. The van der Waals surface area contributed by atoms with Crippen LogP contribution in [-0.2, 0) is 14.3 Å². The van der Waals surface area contributed by atoms with Crippen LogP contribution in [0.3, 0.4) is 0 Å². The lowest BCUT2D eigenvalue weighted by Crippen LogP contribution is -2.01. The predicted molar refractivity (Wildman–Crippen MR) is 75.5 cm³/mol. The minimum atomic E-state index is -0.445. The fourth-order valence-electron chi connectivity index (χ4n) is 1.43. The van der Waals surface area contributed by atoms with Gasteiger partial charge in [0.15, 0.2) is 0 Å². The summed E-state index contributed by atoms with van der Waals surface area (Å²) >= 11 is 1.54. The summed E-state index contributed by atoms with van der Waals surface area (Å²) in [6.07, 6.45) is 4.35. The van der Waals surface area contributed by atoms with Crippen LogP contribution in [0.2, 0.25) is 0 Å². The molecule has 2 rings (SSSR count). The number of carbonyl (C=O) groups is 1. The quantitative estimate of drug-likeness (QED) is 0.487. The van der Waals surface area contributed by atoms with Crippen molar-refractivity contribution in [3.63, 3.8) is 0 Å². The van der Waals surface area contributed by atoms with Gasteiger partial charge in [-0.25, -0.2) is 9.78 Å². The van der Waals surface area contributed by atoms with E-state index in [9.17, 15) is 4.79 Å². The summed E-state index contributed by atoms with van der Waals surface area (Å²) in [7, 11) is 1.48. The summed E-state index contributed by atoms with van der Waals surface area (Å²) in [6.45, 7) is 1.62. The standard InChI is InChI=1S/C14H13NO3S/c1-10(9-17-2)14(16)18-8-7-13-15-11-5-3-4-6-12(11)19-13/h3-9H,1-2H3. The fourth-order valence-corrected chi connectivity index (χ4v) is 2.29. The lowest BCUT2D eigenvalue weighted by atomic mass is 10.3. The molecule has 0 amide bonds. The molecule has 1 heterocycles. The lowest BCUT2D eigenvalue weighted by Gasteiger charge is -1.97. The summed E-state index contributed by atoms with van der Waals surface area (Å²) in [5, 5.41) is 0.794. The van der Waals surface area contributed by atoms with Gasteiger partial charge in [-0.1, -0.05) is 12.1 Å². The van der Waals surface area contributed by atoms with Crippen molar-refractivity contribution in [2.45, 2.75) is 6.92 Å². The van der Waals surface area contributed by atoms with Gasteiger partial charge >= 0.3 is 5.97 Å². The molecule has 1 aromatic carbocycles. The Morgan fingerprint density at radius 2 is 2.16 bits per heavy atom. The average Bonchev–Trinajstić information content (AvgIpc) is 2.81. The number of para-hydroxylation sites is 1. The number of benzene rings is 1. The first kappa shape index (κ1) is 13.3. The van der Waals surface area contributed by atoms with Gasteiger partial charge in [0.25, 0.3) is 0 Å². The first-order valence-corrected chi connectivity index (χ1v) is 6.45. The van der Waals surface area contributed by atoms with Gasteiger partial charge in [-0.3, -0.25) is 0 Å². The Balaban J connectivity index is 2.03. The zero-order chi connectivity index (χ0) is 13.7. The molecule has 0 radical (unpaired) electrons. The third-order valence-corrected chi connectivity index (χ3v) is 3.31. The SMILES string of the molecule is COC=C(C)C(=O)OC=Cc1nc2ccccc2s1. The number of fused-ring (bicyclic) bond motifs is 1. The number of thiazole rings is 1. The summed E-state index contributed by atoms with van der Waals surface area (Å²) < 4.78 is 10.8. The van der Waals surface area contributed by atoms with Crippen molar-refractivity contribution in [1.29, 1.82) is 0 Å². The summed E-state index contributed by atoms with van der Waals surface area (Å²) in [5.41, 5.74) is 1.34. The summed E-state index contributed by atoms with van der Waals surface area (Å²) in [4.78, 5) is 15.8. The molecular weight excluding hydrogens is 262 g/mol. The van der Waals surface area contributed by atoms with Crippen LogP contribution < -0.4 is 0 Å². The van der Waals surface area contributed by atoms with E-state index in [2.05, 4.69) is 4.98 Å². The summed E-state index contributed by atoms with van der Waals surface area (Å²) in [6, 6.07) is 7.85. The van der Waals surface area contributed by atoms with Gasteiger partial charge in [0.1, 0.15) is 5.01 Å². The molecule has 0 spiro atoms. The van der Waals surface area contributed by atoms with E-state index in [-0.39, 0.29) is 0 Å². The van der Waals surface area contributed by atoms with Crippen molar-refractivity contribution >= 4 is 33.6 Å². The van der Waals surface area contributed by atoms with Crippen LogP contribution in [-0.4, -0.2) is 18.1 Å². The number of ether oxygens (including phenoxy) is 2. The van der Waals surface area contributed by atoms with Crippen LogP contribution in [0, 0.1) is 0 Å². The molecule has 4 nitrogen and oxygen atoms in total. The minimum absolute atomic E-state index is 0.399. The normalized spacial score (nSPS) is 12.0. The average molecular weight is 275 g/mol. The Morgan fingerprint density at radius 1 is 1.37 bits per heavy atom. The Morgan fingerprint density at radius 3 is 2.89 bits per heavy atom. The Bertz CT molecular complexity index is 610. The molecule has 19 heavy (non-hydrogen) atoms. The first-order valence-electron chi connectivity index (χ1n) is 5.63. The van der Waals surface area contributed by atoms with Crippen molar-refractivity contribution in [1.82, 2.24) is 4.98 Å². The number of hydrogen-bond acceptors (Lipinski definition) is 5. The molecule has 0 aliphatic heterocycles. The van der Waals surface area contributed by atoms with Gasteiger partial charge in [-0.2, -0.15) is 0 Å². The third-order valence-electron chi connectivity index (χ3n) is 2.31. The number of rotatable bonds is 4. The van der Waals surface area contributed by atoms with Crippen molar-refractivity contribution in [2.24, 2.45) is 0 Å². The highest BCUT2D eigenvalue weighted by molar-refractivity contribution is 7.19. The topological polar surface area (TPSA) is 48.4 Å². The molecule has 0 unspecified atom stereocenters. The second-order valence-corrected chi connectivity index (χ2v) is 4.83. The number of aromatic nitrogens is 1. The molecule has 0 fully saturated rings. The Hall–Kier alpha value is -2.14. The van der Waals surface area contributed by atoms with Crippen molar-refractivity contribution in [3.8, 4) is 0 Å². The van der Waals surface area contributed by atoms with E-state index in [0.29, 0.717) is 5.57 Å². The van der Waals surface area contributed by atoms with Gasteiger partial charge < -0.3 is 9.47 Å². The molecule has 0 aliphatic rings. The minimum Gasteiger partial charge on any atom is -0.504 e. The predicted octanol–water partition coefficient (Wildman–Crippen LogP) is 3.36. The highest BCUT2D eigenvalue weighted by atomic mass is 32.1. The van der Waals surface area contributed by atoms with Crippen molar-refractivity contribution < 1.29 is 14.3 Å². The number of esters is 1. The zero-order valence-electron chi connectivity index (χ0n) is 10.6. The van der Waals surface area contributed by atoms with E-state index in [1.165, 1.54) is 31.0 Å². The van der Waals surface area contributed by atoms with E-state index in [4.69, 9.17) is 9.47 Å². The Kier molecular flexibility index (Phi) is 4.30. The molecule has 0 atom stereocenters. The first-order chi connectivity index (χ1) is 9.20. The van der Waals surface area contributed by atoms with E-state index in [1.807, 2.05) is 24.3 Å². The van der Waals surface area contributed by atoms with Gasteiger partial charge in [0, 0.05) is 6.08 Å². The maximum Gasteiger partial charge on any atom is 0.341 e. The molecule has 5 heteroatoms. The third kappa shape index (κ3) is 3.42. The maximum absolute atomic E-state index is 11.5. The van der Waals surface area contributed by atoms with Crippen LogP contribution in [0.5, 0.6) is 0 Å². The monoisotopic (exact) mass is 275 g/mol. The molecule has 1 aromatic heterocycles. The Labute approximate surface area is 115 Å². The highest BCUT2D eigenvalue weighted by Gasteiger charge is 2.04. The molecule has 2 aromatic rings. The molecule has 0 N–H and O–H groups in total. The van der Waals surface area contributed by atoms with E-state index in [0.717, 1.165) is 15.2 Å². The molecule has 0 saturated carbocycles.